The number of amides is 1. The summed E-state index contributed by atoms with van der Waals surface area (Å²) < 4.78 is 11.4. The third-order valence-corrected chi connectivity index (χ3v) is 3.55. The molecule has 0 aromatic heterocycles. The lowest BCUT2D eigenvalue weighted by Gasteiger charge is -2.25. The number of hydrogen-bond acceptors (Lipinski definition) is 5. The van der Waals surface area contributed by atoms with Crippen molar-refractivity contribution in [3.8, 4) is 5.75 Å². The lowest BCUT2D eigenvalue weighted by molar-refractivity contribution is -0.123. The lowest BCUT2D eigenvalue weighted by atomic mass is 10.2. The van der Waals surface area contributed by atoms with E-state index in [0.717, 1.165) is 23.1 Å². The van der Waals surface area contributed by atoms with E-state index < -0.39 is 0 Å². The van der Waals surface area contributed by atoms with Gasteiger partial charge in [0.1, 0.15) is 5.75 Å². The van der Waals surface area contributed by atoms with Crippen LogP contribution >= 0.6 is 15.9 Å². The van der Waals surface area contributed by atoms with Gasteiger partial charge in [-0.3, -0.25) is 9.69 Å². The Kier molecular flexibility index (Phi) is 6.16. The van der Waals surface area contributed by atoms with E-state index in [4.69, 9.17) is 9.47 Å². The maximum atomic E-state index is 11.8. The first kappa shape index (κ1) is 15.9. The van der Waals surface area contributed by atoms with E-state index in [2.05, 4.69) is 26.5 Å². The van der Waals surface area contributed by atoms with E-state index in [9.17, 15) is 4.79 Å². The summed E-state index contributed by atoms with van der Waals surface area (Å²) in [4.78, 5) is 13.8. The first-order chi connectivity index (χ1) is 10.2. The lowest BCUT2D eigenvalue weighted by Crippen LogP contribution is -2.42. The van der Waals surface area contributed by atoms with Crippen molar-refractivity contribution in [1.29, 1.82) is 0 Å². The van der Waals surface area contributed by atoms with Gasteiger partial charge in [-0.15, -0.1) is 0 Å². The molecule has 0 radical (unpaired) electrons. The second-order valence-electron chi connectivity index (χ2n) is 4.57. The molecule has 1 aromatic rings. The van der Waals surface area contributed by atoms with Crippen LogP contribution in [0, 0.1) is 0 Å². The summed E-state index contributed by atoms with van der Waals surface area (Å²) in [5.74, 6) is 0.562. The summed E-state index contributed by atoms with van der Waals surface area (Å²) in [6.07, 6.45) is 1.57. The van der Waals surface area contributed by atoms with Crippen molar-refractivity contribution in [3.05, 3.63) is 28.2 Å². The Morgan fingerprint density at radius 1 is 1.52 bits per heavy atom. The summed E-state index contributed by atoms with van der Waals surface area (Å²) >= 11 is 3.39. The average Bonchev–Trinajstić information content (AvgIpc) is 2.48. The molecule has 1 saturated heterocycles. The molecule has 6 nitrogen and oxygen atoms in total. The summed E-state index contributed by atoms with van der Waals surface area (Å²) in [5.41, 5.74) is 3.32. The van der Waals surface area contributed by atoms with Crippen LogP contribution in [-0.4, -0.2) is 57.0 Å². The van der Waals surface area contributed by atoms with E-state index in [-0.39, 0.29) is 5.91 Å². The number of benzene rings is 1. The topological polar surface area (TPSA) is 63.2 Å². The van der Waals surface area contributed by atoms with Crippen LogP contribution < -0.4 is 10.2 Å². The molecule has 0 saturated carbocycles. The number of nitrogens with zero attached hydrogens (tertiary/aromatic N) is 2. The van der Waals surface area contributed by atoms with Gasteiger partial charge < -0.3 is 9.47 Å². The molecular formula is C14H18BrN3O3. The normalized spacial score (nSPS) is 16.1. The molecule has 1 N–H and O–H groups in total. The molecule has 7 heteroatoms. The number of ether oxygens (including phenoxy) is 2. The Labute approximate surface area is 132 Å². The first-order valence-electron chi connectivity index (χ1n) is 6.64. The molecule has 1 aliphatic heterocycles. The third kappa shape index (κ3) is 5.11. The molecule has 0 atom stereocenters. The Balaban J connectivity index is 1.86. The van der Waals surface area contributed by atoms with Crippen molar-refractivity contribution in [3.63, 3.8) is 0 Å². The van der Waals surface area contributed by atoms with Gasteiger partial charge >= 0.3 is 0 Å². The van der Waals surface area contributed by atoms with Crippen molar-refractivity contribution >= 4 is 28.1 Å². The molecule has 0 aliphatic carbocycles. The molecule has 0 bridgehead atoms. The largest absolute Gasteiger partial charge is 0.496 e. The second-order valence-corrected chi connectivity index (χ2v) is 5.48. The highest BCUT2D eigenvalue weighted by atomic mass is 79.9. The van der Waals surface area contributed by atoms with E-state index >= 15 is 0 Å². The number of methoxy groups -OCH3 is 1. The molecule has 0 unspecified atom stereocenters. The molecule has 1 fully saturated rings. The summed E-state index contributed by atoms with van der Waals surface area (Å²) in [7, 11) is 1.59. The Morgan fingerprint density at radius 2 is 2.29 bits per heavy atom. The van der Waals surface area contributed by atoms with Crippen molar-refractivity contribution in [2.45, 2.75) is 0 Å². The quantitative estimate of drug-likeness (QED) is 0.637. The van der Waals surface area contributed by atoms with Gasteiger partial charge in [0.05, 0.1) is 33.1 Å². The zero-order valence-corrected chi connectivity index (χ0v) is 13.4. The highest BCUT2D eigenvalue weighted by Gasteiger charge is 2.13. The number of carbonyl (C=O) groups is 1. The molecule has 1 amide bonds. The molecule has 1 aromatic carbocycles. The number of rotatable bonds is 5. The Hall–Kier alpha value is -1.44. The fraction of sp³-hybridized carbons (Fsp3) is 0.429. The zero-order chi connectivity index (χ0) is 15.1. The number of morpholine rings is 1. The Bertz CT molecular complexity index is 516. The predicted octanol–water partition coefficient (Wildman–Crippen LogP) is 1.24. The van der Waals surface area contributed by atoms with E-state index in [0.29, 0.717) is 25.5 Å². The third-order valence-electron chi connectivity index (χ3n) is 3.06. The van der Waals surface area contributed by atoms with Gasteiger partial charge in [-0.1, -0.05) is 15.9 Å². The number of halogens is 1. The SMILES string of the molecule is COc1ccc(Br)cc1/C=N/NC(=O)CN1CCOCC1. The highest BCUT2D eigenvalue weighted by molar-refractivity contribution is 9.10. The van der Waals surface area contributed by atoms with Crippen molar-refractivity contribution < 1.29 is 14.3 Å². The molecule has 21 heavy (non-hydrogen) atoms. The standard InChI is InChI=1S/C14H18BrN3O3/c1-20-13-3-2-12(15)8-11(13)9-16-17-14(19)10-18-4-6-21-7-5-18/h2-3,8-9H,4-7,10H2,1H3,(H,17,19)/b16-9+. The fourth-order valence-electron chi connectivity index (χ4n) is 1.98. The molecule has 1 heterocycles. The zero-order valence-electron chi connectivity index (χ0n) is 11.8. The van der Waals surface area contributed by atoms with Gasteiger partial charge in [0.2, 0.25) is 0 Å². The van der Waals surface area contributed by atoms with Crippen LogP contribution in [0.2, 0.25) is 0 Å². The fourth-order valence-corrected chi connectivity index (χ4v) is 2.36. The van der Waals surface area contributed by atoms with E-state index in [1.54, 1.807) is 13.3 Å². The van der Waals surface area contributed by atoms with Gasteiger partial charge in [-0.2, -0.15) is 5.10 Å². The number of hydrazone groups is 1. The molecule has 1 aliphatic rings. The summed E-state index contributed by atoms with van der Waals surface area (Å²) in [6.45, 7) is 3.22. The monoisotopic (exact) mass is 355 g/mol. The van der Waals surface area contributed by atoms with Gasteiger partial charge in [0.15, 0.2) is 0 Å². The van der Waals surface area contributed by atoms with Crippen molar-refractivity contribution in [1.82, 2.24) is 10.3 Å². The first-order valence-corrected chi connectivity index (χ1v) is 7.44. The summed E-state index contributed by atoms with van der Waals surface area (Å²) in [5, 5.41) is 3.97. The number of hydrogen-bond donors (Lipinski definition) is 1. The van der Waals surface area contributed by atoms with Crippen LogP contribution in [0.5, 0.6) is 5.75 Å². The Morgan fingerprint density at radius 3 is 3.00 bits per heavy atom. The molecule has 114 valence electrons. The van der Waals surface area contributed by atoms with Gasteiger partial charge in [0, 0.05) is 23.1 Å². The van der Waals surface area contributed by atoms with Crippen LogP contribution in [0.3, 0.4) is 0 Å². The van der Waals surface area contributed by atoms with Crippen LogP contribution in [0.15, 0.2) is 27.8 Å². The smallest absolute Gasteiger partial charge is 0.254 e. The molecule has 0 spiro atoms. The van der Waals surface area contributed by atoms with Gasteiger partial charge in [-0.05, 0) is 18.2 Å². The number of carbonyl (C=O) groups excluding carboxylic acids is 1. The van der Waals surface area contributed by atoms with E-state index in [1.165, 1.54) is 0 Å². The second kappa shape index (κ2) is 8.11. The van der Waals surface area contributed by atoms with Crippen LogP contribution in [-0.2, 0) is 9.53 Å². The summed E-state index contributed by atoms with van der Waals surface area (Å²) in [6, 6.07) is 5.59. The molecule has 2 rings (SSSR count). The van der Waals surface area contributed by atoms with Crippen LogP contribution in [0.25, 0.3) is 0 Å². The molecular weight excluding hydrogens is 338 g/mol. The highest BCUT2D eigenvalue weighted by Crippen LogP contribution is 2.21. The maximum absolute atomic E-state index is 11.8. The van der Waals surface area contributed by atoms with Crippen LogP contribution in [0.1, 0.15) is 5.56 Å². The minimum atomic E-state index is -0.137. The number of nitrogens with one attached hydrogen (secondary N) is 1. The van der Waals surface area contributed by atoms with Crippen LogP contribution in [0.4, 0.5) is 0 Å². The van der Waals surface area contributed by atoms with Crippen molar-refractivity contribution in [2.75, 3.05) is 40.0 Å². The van der Waals surface area contributed by atoms with E-state index in [1.807, 2.05) is 23.1 Å². The minimum absolute atomic E-state index is 0.137. The minimum Gasteiger partial charge on any atom is -0.496 e. The van der Waals surface area contributed by atoms with Crippen molar-refractivity contribution in [2.24, 2.45) is 5.10 Å². The van der Waals surface area contributed by atoms with Gasteiger partial charge in [0.25, 0.3) is 5.91 Å². The van der Waals surface area contributed by atoms with Gasteiger partial charge in [-0.25, -0.2) is 5.43 Å². The average molecular weight is 356 g/mol. The predicted molar refractivity (Wildman–Crippen MR) is 83.7 cm³/mol. The maximum Gasteiger partial charge on any atom is 0.254 e.